The van der Waals surface area contributed by atoms with Crippen LogP contribution >= 0.6 is 24.0 Å². The van der Waals surface area contributed by atoms with Crippen LogP contribution in [0.5, 0.6) is 5.75 Å². The molecule has 0 bridgehead atoms. The Labute approximate surface area is 205 Å². The summed E-state index contributed by atoms with van der Waals surface area (Å²) in [6.45, 7) is 7.01. The summed E-state index contributed by atoms with van der Waals surface area (Å²) in [5.41, 5.74) is 2.88. The van der Waals surface area contributed by atoms with Crippen molar-refractivity contribution in [3.05, 3.63) is 41.7 Å². The molecule has 2 aromatic rings. The van der Waals surface area contributed by atoms with Gasteiger partial charge in [0.25, 0.3) is 0 Å². The maximum absolute atomic E-state index is 12.7. The smallest absolute Gasteiger partial charge is 0.387 e. The van der Waals surface area contributed by atoms with Crippen molar-refractivity contribution in [3.8, 4) is 5.75 Å². The van der Waals surface area contributed by atoms with Gasteiger partial charge in [-0.25, -0.2) is 0 Å². The number of ether oxygens (including phenoxy) is 1. The van der Waals surface area contributed by atoms with Gasteiger partial charge in [0.05, 0.1) is 11.4 Å². The van der Waals surface area contributed by atoms with Gasteiger partial charge in [0.15, 0.2) is 5.96 Å². The standard InChI is InChI=1S/C22H32F2N6O.HI/c1-4-25-22(26-11-7-12-30-17(3)14-16(2)28-30)27-18-10-13-29(15-18)19-8-5-6-9-20(19)31-21(23)24;/h5-6,8-9,14,18,21H,4,7,10-13,15H2,1-3H3,(H2,25,26,27);1H. The first-order valence-electron chi connectivity index (χ1n) is 10.8. The molecule has 0 radical (unpaired) electrons. The van der Waals surface area contributed by atoms with Gasteiger partial charge < -0.3 is 20.3 Å². The highest BCUT2D eigenvalue weighted by Crippen LogP contribution is 2.31. The number of anilines is 1. The van der Waals surface area contributed by atoms with Crippen molar-refractivity contribution in [1.29, 1.82) is 0 Å². The van der Waals surface area contributed by atoms with E-state index in [4.69, 9.17) is 4.99 Å². The molecule has 2 heterocycles. The lowest BCUT2D eigenvalue weighted by Gasteiger charge is -2.22. The van der Waals surface area contributed by atoms with E-state index in [0.717, 1.165) is 49.8 Å². The van der Waals surface area contributed by atoms with E-state index in [9.17, 15) is 8.78 Å². The van der Waals surface area contributed by atoms with Gasteiger partial charge in [0.1, 0.15) is 5.75 Å². The molecule has 0 aliphatic carbocycles. The number of nitrogens with zero attached hydrogens (tertiary/aromatic N) is 4. The summed E-state index contributed by atoms with van der Waals surface area (Å²) in [7, 11) is 0. The van der Waals surface area contributed by atoms with Crippen LogP contribution in [0.3, 0.4) is 0 Å². The van der Waals surface area contributed by atoms with Crippen molar-refractivity contribution in [1.82, 2.24) is 20.4 Å². The molecule has 0 spiro atoms. The molecule has 0 amide bonds. The first-order chi connectivity index (χ1) is 15.0. The first-order valence-corrected chi connectivity index (χ1v) is 10.8. The van der Waals surface area contributed by atoms with Crippen LogP contribution in [0.1, 0.15) is 31.2 Å². The predicted octanol–water partition coefficient (Wildman–Crippen LogP) is 3.94. The maximum Gasteiger partial charge on any atom is 0.387 e. The molecule has 1 aromatic carbocycles. The highest BCUT2D eigenvalue weighted by atomic mass is 127. The molecule has 1 aliphatic heterocycles. The zero-order valence-corrected chi connectivity index (χ0v) is 21.2. The molecule has 178 valence electrons. The maximum atomic E-state index is 12.7. The second-order valence-corrected chi connectivity index (χ2v) is 7.69. The van der Waals surface area contributed by atoms with Gasteiger partial charge in [-0.2, -0.15) is 13.9 Å². The third kappa shape index (κ3) is 7.49. The van der Waals surface area contributed by atoms with Gasteiger partial charge in [0, 0.05) is 44.5 Å². The van der Waals surface area contributed by atoms with Gasteiger partial charge >= 0.3 is 6.61 Å². The van der Waals surface area contributed by atoms with Crippen molar-refractivity contribution in [3.63, 3.8) is 0 Å². The molecule has 1 unspecified atom stereocenters. The third-order valence-electron chi connectivity index (χ3n) is 5.20. The van der Waals surface area contributed by atoms with Crippen molar-refractivity contribution in [2.75, 3.05) is 31.1 Å². The van der Waals surface area contributed by atoms with E-state index < -0.39 is 6.61 Å². The number of hydrogen-bond acceptors (Lipinski definition) is 4. The topological polar surface area (TPSA) is 66.7 Å². The molecule has 1 aliphatic rings. The minimum absolute atomic E-state index is 0. The normalized spacial score (nSPS) is 16.2. The second-order valence-electron chi connectivity index (χ2n) is 7.69. The van der Waals surface area contributed by atoms with Gasteiger partial charge in [-0.05, 0) is 51.8 Å². The summed E-state index contributed by atoms with van der Waals surface area (Å²) in [5.74, 6) is 0.989. The van der Waals surface area contributed by atoms with E-state index in [1.807, 2.05) is 30.7 Å². The van der Waals surface area contributed by atoms with Crippen LogP contribution in [0.4, 0.5) is 14.5 Å². The number of alkyl halides is 2. The van der Waals surface area contributed by atoms with Crippen LogP contribution in [-0.2, 0) is 6.54 Å². The fraction of sp³-hybridized carbons (Fsp3) is 0.545. The zero-order chi connectivity index (χ0) is 22.2. The van der Waals surface area contributed by atoms with Gasteiger partial charge in [0.2, 0.25) is 0 Å². The van der Waals surface area contributed by atoms with Crippen LogP contribution in [0.15, 0.2) is 35.3 Å². The average Bonchev–Trinajstić information content (AvgIpc) is 3.31. The largest absolute Gasteiger partial charge is 0.433 e. The molecule has 1 fully saturated rings. The van der Waals surface area contributed by atoms with Gasteiger partial charge in [-0.3, -0.25) is 9.67 Å². The minimum Gasteiger partial charge on any atom is -0.433 e. The molecular formula is C22H33F2IN6O. The minimum atomic E-state index is -2.83. The molecule has 1 saturated heterocycles. The summed E-state index contributed by atoms with van der Waals surface area (Å²) in [6.07, 6.45) is 1.78. The van der Waals surface area contributed by atoms with Crippen molar-refractivity contribution < 1.29 is 13.5 Å². The number of benzene rings is 1. The van der Waals surface area contributed by atoms with Crippen LogP contribution in [0, 0.1) is 13.8 Å². The summed E-state index contributed by atoms with van der Waals surface area (Å²) < 4.78 is 32.1. The molecule has 10 heteroatoms. The Hall–Kier alpha value is -2.11. The third-order valence-corrected chi connectivity index (χ3v) is 5.20. The molecular weight excluding hydrogens is 529 g/mol. The van der Waals surface area contributed by atoms with Crippen molar-refractivity contribution in [2.24, 2.45) is 4.99 Å². The van der Waals surface area contributed by atoms with E-state index >= 15 is 0 Å². The fourth-order valence-corrected chi connectivity index (χ4v) is 3.84. The lowest BCUT2D eigenvalue weighted by molar-refractivity contribution is -0.0495. The Morgan fingerprint density at radius 2 is 2.09 bits per heavy atom. The quantitative estimate of drug-likeness (QED) is 0.210. The van der Waals surface area contributed by atoms with Crippen LogP contribution < -0.4 is 20.3 Å². The molecule has 0 saturated carbocycles. The SMILES string of the molecule is CCNC(=NCCCn1nc(C)cc1C)NC1CCN(c2ccccc2OC(F)F)C1.I. The van der Waals surface area contributed by atoms with Crippen LogP contribution in [-0.4, -0.2) is 54.6 Å². The number of hydrogen-bond donors (Lipinski definition) is 2. The molecule has 1 atom stereocenters. The number of guanidine groups is 1. The van der Waals surface area contributed by atoms with Crippen LogP contribution in [0.2, 0.25) is 0 Å². The van der Waals surface area contributed by atoms with Gasteiger partial charge in [-0.15, -0.1) is 24.0 Å². The zero-order valence-electron chi connectivity index (χ0n) is 18.9. The monoisotopic (exact) mass is 562 g/mol. The average molecular weight is 562 g/mol. The second kappa shape index (κ2) is 12.8. The number of aromatic nitrogens is 2. The molecule has 7 nitrogen and oxygen atoms in total. The van der Waals surface area contributed by atoms with Crippen LogP contribution in [0.25, 0.3) is 0 Å². The van der Waals surface area contributed by atoms with E-state index in [1.54, 1.807) is 12.1 Å². The number of aryl methyl sites for hydroxylation is 3. The number of halogens is 3. The Kier molecular flexibility index (Phi) is 10.5. The van der Waals surface area contributed by atoms with Crippen molar-refractivity contribution in [2.45, 2.75) is 52.8 Å². The summed E-state index contributed by atoms with van der Waals surface area (Å²) in [6, 6.07) is 9.19. The molecule has 32 heavy (non-hydrogen) atoms. The predicted molar refractivity (Wildman–Crippen MR) is 135 cm³/mol. The number of rotatable bonds is 9. The Morgan fingerprint density at radius 1 is 1.31 bits per heavy atom. The fourth-order valence-electron chi connectivity index (χ4n) is 3.84. The molecule has 1 aromatic heterocycles. The molecule has 3 rings (SSSR count). The van der Waals surface area contributed by atoms with E-state index in [2.05, 4.69) is 38.4 Å². The Bertz CT molecular complexity index is 876. The van der Waals surface area contributed by atoms with E-state index in [1.165, 1.54) is 0 Å². The highest BCUT2D eigenvalue weighted by molar-refractivity contribution is 14.0. The Morgan fingerprint density at radius 3 is 2.78 bits per heavy atom. The van der Waals surface area contributed by atoms with E-state index in [0.29, 0.717) is 18.8 Å². The van der Waals surface area contributed by atoms with Gasteiger partial charge in [-0.1, -0.05) is 12.1 Å². The number of nitrogens with one attached hydrogen (secondary N) is 2. The summed E-state index contributed by atoms with van der Waals surface area (Å²) in [5, 5.41) is 11.2. The highest BCUT2D eigenvalue weighted by Gasteiger charge is 2.26. The number of aliphatic imine (C=N–C) groups is 1. The summed E-state index contributed by atoms with van der Waals surface area (Å²) in [4.78, 5) is 6.77. The Balaban J connectivity index is 0.00000363. The lowest BCUT2D eigenvalue weighted by atomic mass is 10.2. The molecule has 2 N–H and O–H groups in total. The number of para-hydroxylation sites is 2. The van der Waals surface area contributed by atoms with E-state index in [-0.39, 0.29) is 35.8 Å². The summed E-state index contributed by atoms with van der Waals surface area (Å²) >= 11 is 0. The first kappa shape index (κ1) is 26.1. The lowest BCUT2D eigenvalue weighted by Crippen LogP contribution is -2.44. The van der Waals surface area contributed by atoms with Crippen molar-refractivity contribution >= 4 is 35.6 Å².